The number of likely N-dealkylation sites (N-methyl/N-ethyl adjacent to an activating group) is 1. The number of benzene rings is 2. The fourth-order valence-corrected chi connectivity index (χ4v) is 4.18. The summed E-state index contributed by atoms with van der Waals surface area (Å²) in [5.74, 6) is -1.33. The summed E-state index contributed by atoms with van der Waals surface area (Å²) >= 11 is 0. The number of fused-ring (bicyclic) bond motifs is 2. The molecule has 2 heterocycles. The first kappa shape index (κ1) is 22.7. The van der Waals surface area contributed by atoms with Crippen molar-refractivity contribution in [3.8, 4) is 0 Å². The lowest BCUT2D eigenvalue weighted by Gasteiger charge is -2.31. The van der Waals surface area contributed by atoms with Crippen LogP contribution in [0.1, 0.15) is 16.7 Å². The van der Waals surface area contributed by atoms with E-state index in [4.69, 9.17) is 0 Å². The first-order valence-corrected chi connectivity index (χ1v) is 10.5. The Bertz CT molecular complexity index is 1170. The summed E-state index contributed by atoms with van der Waals surface area (Å²) in [6.07, 6.45) is -1.07. The number of carboxylic acid groups (broad SMARTS) is 1. The first-order chi connectivity index (χ1) is 15.7. The van der Waals surface area contributed by atoms with Gasteiger partial charge in [-0.3, -0.25) is 19.3 Å². The Morgan fingerprint density at radius 1 is 1.15 bits per heavy atom. The molecular weight excluding hydrogens is 432 g/mol. The fourth-order valence-electron chi connectivity index (χ4n) is 4.18. The van der Waals surface area contributed by atoms with Crippen molar-refractivity contribution in [1.29, 1.82) is 0 Å². The molecule has 0 radical (unpaired) electrons. The molecule has 0 fully saturated rings. The lowest BCUT2D eigenvalue weighted by molar-refractivity contribution is -0.145. The van der Waals surface area contributed by atoms with Crippen LogP contribution in [-0.2, 0) is 29.2 Å². The third-order valence-corrected chi connectivity index (χ3v) is 5.87. The number of carbonyl (C=O) groups excluding carboxylic acids is 1. The number of hydrazine groups is 1. The van der Waals surface area contributed by atoms with Crippen LogP contribution in [0.25, 0.3) is 10.9 Å². The van der Waals surface area contributed by atoms with E-state index in [0.29, 0.717) is 35.2 Å². The van der Waals surface area contributed by atoms with Crippen LogP contribution in [0.5, 0.6) is 0 Å². The van der Waals surface area contributed by atoms with Crippen molar-refractivity contribution >= 4 is 28.5 Å². The van der Waals surface area contributed by atoms with Crippen molar-refractivity contribution in [2.75, 3.05) is 25.0 Å². The molecule has 33 heavy (non-hydrogen) atoms. The van der Waals surface area contributed by atoms with E-state index < -0.39 is 18.9 Å². The van der Waals surface area contributed by atoms with Gasteiger partial charge in [-0.15, -0.1) is 0 Å². The number of halogens is 2. The maximum Gasteiger partial charge on any atom is 0.323 e. The predicted molar refractivity (Wildman–Crippen MR) is 119 cm³/mol. The third kappa shape index (κ3) is 4.80. The van der Waals surface area contributed by atoms with E-state index in [9.17, 15) is 23.5 Å². The molecule has 0 saturated carbocycles. The van der Waals surface area contributed by atoms with Gasteiger partial charge in [-0.1, -0.05) is 24.3 Å². The Morgan fingerprint density at radius 2 is 1.82 bits per heavy atom. The van der Waals surface area contributed by atoms with Gasteiger partial charge >= 0.3 is 5.97 Å². The molecule has 174 valence electrons. The quantitative estimate of drug-likeness (QED) is 0.560. The molecule has 0 bridgehead atoms. The number of anilines is 1. The minimum absolute atomic E-state index is 0.146. The van der Waals surface area contributed by atoms with Gasteiger partial charge in [0.15, 0.2) is 0 Å². The summed E-state index contributed by atoms with van der Waals surface area (Å²) in [7, 11) is 1.68. The Labute approximate surface area is 189 Å². The largest absolute Gasteiger partial charge is 0.480 e. The Hall–Kier alpha value is -3.53. The summed E-state index contributed by atoms with van der Waals surface area (Å²) < 4.78 is 26.9. The number of carbonyl (C=O) groups is 2. The number of aromatic nitrogens is 2. The minimum atomic E-state index is -2.54. The zero-order valence-electron chi connectivity index (χ0n) is 18.4. The predicted octanol–water partition coefficient (Wildman–Crippen LogP) is 2.89. The van der Waals surface area contributed by atoms with E-state index in [1.807, 2.05) is 29.3 Å². The molecule has 8 nitrogen and oxygen atoms in total. The van der Waals surface area contributed by atoms with Gasteiger partial charge in [0.1, 0.15) is 13.1 Å². The molecule has 1 amide bonds. The number of rotatable bonds is 8. The zero-order valence-corrected chi connectivity index (χ0v) is 18.4. The molecule has 4 rings (SSSR count). The number of nitrogens with zero attached hydrogens (tertiary/aromatic N) is 5. The average Bonchev–Trinajstić information content (AvgIpc) is 3.35. The number of alkyl halides is 2. The highest BCUT2D eigenvalue weighted by Gasteiger charge is 2.27. The SMILES string of the molecule is Cc1cc2c(cnn2CC(F)F)cc1N(CC(=O)O)CC(=O)N(C)N1Cc2ccccc2C1. The number of hydrogen-bond acceptors (Lipinski definition) is 5. The van der Waals surface area contributed by atoms with Gasteiger partial charge in [0, 0.05) is 31.2 Å². The summed E-state index contributed by atoms with van der Waals surface area (Å²) in [5, 5.41) is 17.5. The normalized spacial score (nSPS) is 13.5. The molecule has 1 aromatic heterocycles. The zero-order chi connectivity index (χ0) is 23.7. The molecule has 0 unspecified atom stereocenters. The first-order valence-electron chi connectivity index (χ1n) is 10.5. The van der Waals surface area contributed by atoms with Gasteiger partial charge < -0.3 is 10.0 Å². The Balaban J connectivity index is 1.56. The number of carboxylic acids is 1. The molecular formula is C23H25F2N5O3. The monoisotopic (exact) mass is 457 g/mol. The lowest BCUT2D eigenvalue weighted by atomic mass is 10.1. The topological polar surface area (TPSA) is 81.9 Å². The van der Waals surface area contributed by atoms with E-state index in [0.717, 1.165) is 11.1 Å². The molecule has 0 spiro atoms. The molecule has 10 heteroatoms. The highest BCUT2D eigenvalue weighted by Crippen LogP contribution is 2.28. The van der Waals surface area contributed by atoms with E-state index in [-0.39, 0.29) is 19.0 Å². The van der Waals surface area contributed by atoms with Crippen molar-refractivity contribution in [2.45, 2.75) is 33.0 Å². The second-order valence-electron chi connectivity index (χ2n) is 8.17. The number of aryl methyl sites for hydroxylation is 1. The highest BCUT2D eigenvalue weighted by atomic mass is 19.3. The maximum absolute atomic E-state index is 13.1. The molecule has 0 aliphatic carbocycles. The van der Waals surface area contributed by atoms with Crippen molar-refractivity contribution in [2.24, 2.45) is 0 Å². The summed E-state index contributed by atoms with van der Waals surface area (Å²) in [6, 6.07) is 11.4. The third-order valence-electron chi connectivity index (χ3n) is 5.87. The second kappa shape index (κ2) is 9.14. The Kier molecular flexibility index (Phi) is 6.28. The standard InChI is InChI=1S/C23H25F2N5O3/c1-15-7-20-18(9-26-30(20)12-21(24)25)8-19(15)28(14-23(32)33)13-22(31)27(2)29-10-16-5-3-4-6-17(16)11-29/h3-9,21H,10-14H2,1-2H3,(H,32,33). The van der Waals surface area contributed by atoms with Crippen LogP contribution in [-0.4, -0.2) is 63.3 Å². The number of aliphatic carboxylic acids is 1. The van der Waals surface area contributed by atoms with Gasteiger partial charge in [0.25, 0.3) is 12.3 Å². The second-order valence-corrected chi connectivity index (χ2v) is 8.17. The molecule has 1 N–H and O–H groups in total. The molecule has 0 saturated heterocycles. The lowest BCUT2D eigenvalue weighted by Crippen LogP contribution is -2.47. The van der Waals surface area contributed by atoms with Crippen LogP contribution < -0.4 is 4.90 Å². The van der Waals surface area contributed by atoms with Crippen molar-refractivity contribution in [3.63, 3.8) is 0 Å². The minimum Gasteiger partial charge on any atom is -0.480 e. The van der Waals surface area contributed by atoms with Gasteiger partial charge in [0.2, 0.25) is 0 Å². The van der Waals surface area contributed by atoms with Gasteiger partial charge in [-0.2, -0.15) is 5.10 Å². The Morgan fingerprint density at radius 3 is 2.42 bits per heavy atom. The molecule has 0 atom stereocenters. The van der Waals surface area contributed by atoms with Crippen LogP contribution in [0.4, 0.5) is 14.5 Å². The van der Waals surface area contributed by atoms with Crippen LogP contribution >= 0.6 is 0 Å². The van der Waals surface area contributed by atoms with E-state index >= 15 is 0 Å². The van der Waals surface area contributed by atoms with Crippen LogP contribution in [0, 0.1) is 6.92 Å². The van der Waals surface area contributed by atoms with Gasteiger partial charge in [0.05, 0.1) is 18.3 Å². The average molecular weight is 457 g/mol. The fraction of sp³-hybridized carbons (Fsp3) is 0.348. The van der Waals surface area contributed by atoms with Crippen LogP contribution in [0.15, 0.2) is 42.6 Å². The van der Waals surface area contributed by atoms with Crippen molar-refractivity contribution < 1.29 is 23.5 Å². The highest BCUT2D eigenvalue weighted by molar-refractivity contribution is 5.89. The molecule has 3 aromatic rings. The van der Waals surface area contributed by atoms with Crippen LogP contribution in [0.3, 0.4) is 0 Å². The molecule has 1 aliphatic heterocycles. The van der Waals surface area contributed by atoms with Gasteiger partial charge in [-0.25, -0.2) is 13.8 Å². The molecule has 2 aromatic carbocycles. The van der Waals surface area contributed by atoms with Gasteiger partial charge in [-0.05, 0) is 35.7 Å². The van der Waals surface area contributed by atoms with E-state index in [2.05, 4.69) is 5.10 Å². The smallest absolute Gasteiger partial charge is 0.323 e. The summed E-state index contributed by atoms with van der Waals surface area (Å²) in [6.45, 7) is 1.92. The maximum atomic E-state index is 13.1. The van der Waals surface area contributed by atoms with Crippen molar-refractivity contribution in [3.05, 3.63) is 59.3 Å². The summed E-state index contributed by atoms with van der Waals surface area (Å²) in [5.41, 5.74) is 4.06. The van der Waals surface area contributed by atoms with E-state index in [1.165, 1.54) is 20.8 Å². The number of hydrogen-bond donors (Lipinski definition) is 1. The van der Waals surface area contributed by atoms with E-state index in [1.54, 1.807) is 26.1 Å². The van der Waals surface area contributed by atoms with Crippen molar-refractivity contribution in [1.82, 2.24) is 19.8 Å². The number of amides is 1. The van der Waals surface area contributed by atoms with Crippen LogP contribution in [0.2, 0.25) is 0 Å². The summed E-state index contributed by atoms with van der Waals surface area (Å²) in [4.78, 5) is 26.1. The molecule has 1 aliphatic rings.